The quantitative estimate of drug-likeness (QED) is 0.500. The van der Waals surface area contributed by atoms with E-state index in [1.807, 2.05) is 18.3 Å². The molecule has 1 aromatic heterocycles. The Hall–Kier alpha value is -2.56. The number of nitrogens with zero attached hydrogens (tertiary/aromatic N) is 3. The van der Waals surface area contributed by atoms with Crippen molar-refractivity contribution >= 4 is 15.8 Å². The Labute approximate surface area is 220 Å². The first-order chi connectivity index (χ1) is 18.0. The van der Waals surface area contributed by atoms with Crippen LogP contribution in [0.3, 0.4) is 0 Å². The van der Waals surface area contributed by atoms with Gasteiger partial charge in [0.05, 0.1) is 25.7 Å². The Kier molecular flexibility index (Phi) is 8.07. The molecule has 1 saturated heterocycles. The number of ether oxygens (including phenoxy) is 3. The van der Waals surface area contributed by atoms with Crippen molar-refractivity contribution in [3.05, 3.63) is 36.5 Å². The average Bonchev–Trinajstić information content (AvgIpc) is 3.77. The van der Waals surface area contributed by atoms with Gasteiger partial charge in [-0.2, -0.15) is 0 Å². The minimum absolute atomic E-state index is 0.0599. The Morgan fingerprint density at radius 2 is 1.65 bits per heavy atom. The lowest BCUT2D eigenvalue weighted by Gasteiger charge is -2.42. The second kappa shape index (κ2) is 11.4. The molecule has 0 bridgehead atoms. The Morgan fingerprint density at radius 1 is 0.919 bits per heavy atom. The van der Waals surface area contributed by atoms with Crippen LogP contribution in [-0.4, -0.2) is 77.4 Å². The molecule has 0 spiro atoms. The van der Waals surface area contributed by atoms with Crippen LogP contribution in [0.5, 0.6) is 17.2 Å². The summed E-state index contributed by atoms with van der Waals surface area (Å²) in [7, 11) is -0.601. The number of nitrogens with one attached hydrogen (secondary N) is 1. The third-order valence-electron chi connectivity index (χ3n) is 7.74. The van der Waals surface area contributed by atoms with Crippen molar-refractivity contribution in [3.63, 3.8) is 0 Å². The highest BCUT2D eigenvalue weighted by atomic mass is 32.2. The molecule has 0 unspecified atom stereocenters. The van der Waals surface area contributed by atoms with Crippen molar-refractivity contribution in [1.29, 1.82) is 0 Å². The molecule has 2 heterocycles. The number of hydrogen-bond donors (Lipinski definition) is 1. The van der Waals surface area contributed by atoms with Gasteiger partial charge in [-0.1, -0.05) is 0 Å². The van der Waals surface area contributed by atoms with Gasteiger partial charge in [-0.15, -0.1) is 0 Å². The molecule has 0 radical (unpaired) electrons. The van der Waals surface area contributed by atoms with Crippen molar-refractivity contribution in [2.24, 2.45) is 5.92 Å². The summed E-state index contributed by atoms with van der Waals surface area (Å²) in [6.45, 7) is 4.58. The largest absolute Gasteiger partial charge is 0.493 e. The van der Waals surface area contributed by atoms with Gasteiger partial charge in [-0.05, 0) is 68.7 Å². The molecule has 3 fully saturated rings. The molecule has 0 amide bonds. The zero-order valence-electron chi connectivity index (χ0n) is 21.8. The first-order valence-corrected chi connectivity index (χ1v) is 14.8. The van der Waals surface area contributed by atoms with Crippen LogP contribution in [0.4, 0.5) is 5.82 Å². The third kappa shape index (κ3) is 6.30. The van der Waals surface area contributed by atoms with Crippen LogP contribution < -0.4 is 23.8 Å². The van der Waals surface area contributed by atoms with Crippen LogP contribution in [0.15, 0.2) is 41.4 Å². The van der Waals surface area contributed by atoms with E-state index >= 15 is 0 Å². The molecule has 1 aliphatic heterocycles. The van der Waals surface area contributed by atoms with Crippen LogP contribution in [-0.2, 0) is 10.0 Å². The van der Waals surface area contributed by atoms with Gasteiger partial charge in [-0.25, -0.2) is 18.1 Å². The van der Waals surface area contributed by atoms with E-state index in [0.717, 1.165) is 70.0 Å². The zero-order valence-corrected chi connectivity index (χ0v) is 22.6. The highest BCUT2D eigenvalue weighted by molar-refractivity contribution is 7.89. The summed E-state index contributed by atoms with van der Waals surface area (Å²) in [6, 6.07) is 9.08. The number of pyridine rings is 1. The number of benzene rings is 1. The monoisotopic (exact) mass is 530 g/mol. The first kappa shape index (κ1) is 26.1. The molecule has 3 aliphatic rings. The van der Waals surface area contributed by atoms with Gasteiger partial charge < -0.3 is 19.1 Å². The van der Waals surface area contributed by atoms with Crippen LogP contribution in [0, 0.1) is 5.92 Å². The van der Waals surface area contributed by atoms with E-state index in [9.17, 15) is 8.42 Å². The van der Waals surface area contributed by atoms with Crippen LogP contribution in [0.1, 0.15) is 38.5 Å². The van der Waals surface area contributed by atoms with Crippen LogP contribution in [0.25, 0.3) is 0 Å². The van der Waals surface area contributed by atoms with E-state index in [-0.39, 0.29) is 10.9 Å². The number of methoxy groups -OCH3 is 2. The first-order valence-electron chi connectivity index (χ1n) is 13.3. The lowest BCUT2D eigenvalue weighted by Crippen LogP contribution is -2.52. The van der Waals surface area contributed by atoms with Crippen molar-refractivity contribution in [2.45, 2.75) is 55.5 Å². The molecule has 1 N–H and O–H groups in total. The standard InChI is InChI=1S/C27H38N4O5S/c1-34-24-12-11-23(18-26(24)35-2)37(32,33)29-21-7-9-22(10-8-21)30-14-16-31(17-15-30)27-25(4-3-13-28-27)36-19-20-5-6-20/h3-4,11-13,18,20-22,29H,5-10,14-17,19H2,1-2H3. The molecule has 2 saturated carbocycles. The van der Waals surface area contributed by atoms with Crippen molar-refractivity contribution in [2.75, 3.05) is 51.9 Å². The van der Waals surface area contributed by atoms with E-state index < -0.39 is 10.0 Å². The molecule has 0 atom stereocenters. The average molecular weight is 531 g/mol. The summed E-state index contributed by atoms with van der Waals surface area (Å²) in [5, 5.41) is 0. The predicted octanol–water partition coefficient (Wildman–Crippen LogP) is 3.30. The van der Waals surface area contributed by atoms with E-state index in [2.05, 4.69) is 19.5 Å². The molecule has 37 heavy (non-hydrogen) atoms. The van der Waals surface area contributed by atoms with Crippen LogP contribution >= 0.6 is 0 Å². The van der Waals surface area contributed by atoms with Crippen molar-refractivity contribution in [3.8, 4) is 17.2 Å². The number of piperazine rings is 1. The lowest BCUT2D eigenvalue weighted by molar-refractivity contribution is 0.139. The Morgan fingerprint density at radius 3 is 2.32 bits per heavy atom. The van der Waals surface area contributed by atoms with Crippen molar-refractivity contribution < 1.29 is 22.6 Å². The van der Waals surface area contributed by atoms with Gasteiger partial charge in [0, 0.05) is 50.5 Å². The fraction of sp³-hybridized carbons (Fsp3) is 0.593. The minimum Gasteiger partial charge on any atom is -0.493 e. The summed E-state index contributed by atoms with van der Waals surface area (Å²) in [4.78, 5) is 9.72. The van der Waals surface area contributed by atoms with Gasteiger partial charge in [0.1, 0.15) is 0 Å². The number of anilines is 1. The van der Waals surface area contributed by atoms with Gasteiger partial charge in [0.25, 0.3) is 0 Å². The summed E-state index contributed by atoms with van der Waals surface area (Å²) >= 11 is 0. The lowest BCUT2D eigenvalue weighted by atomic mass is 9.90. The maximum atomic E-state index is 13.0. The molecule has 2 aromatic rings. The molecule has 1 aromatic carbocycles. The zero-order chi connectivity index (χ0) is 25.8. The smallest absolute Gasteiger partial charge is 0.240 e. The summed E-state index contributed by atoms with van der Waals surface area (Å²) in [5.41, 5.74) is 0. The molecule has 2 aliphatic carbocycles. The molecular formula is C27H38N4O5S. The van der Waals surface area contributed by atoms with Crippen molar-refractivity contribution in [1.82, 2.24) is 14.6 Å². The summed E-state index contributed by atoms with van der Waals surface area (Å²) in [5.74, 6) is 3.47. The maximum absolute atomic E-state index is 13.0. The molecule has 202 valence electrons. The van der Waals surface area contributed by atoms with E-state index in [0.29, 0.717) is 23.5 Å². The topological polar surface area (TPSA) is 93.2 Å². The second-order valence-electron chi connectivity index (χ2n) is 10.2. The second-order valence-corrected chi connectivity index (χ2v) is 12.0. The molecule has 10 heteroatoms. The van der Waals surface area contributed by atoms with Gasteiger partial charge in [-0.3, -0.25) is 4.90 Å². The minimum atomic E-state index is -3.63. The van der Waals surface area contributed by atoms with Crippen LogP contribution in [0.2, 0.25) is 0 Å². The predicted molar refractivity (Wildman–Crippen MR) is 142 cm³/mol. The fourth-order valence-corrected chi connectivity index (χ4v) is 6.67. The van der Waals surface area contributed by atoms with Gasteiger partial charge >= 0.3 is 0 Å². The van der Waals surface area contributed by atoms with E-state index in [1.54, 1.807) is 12.1 Å². The number of aromatic nitrogens is 1. The molecule has 5 rings (SSSR count). The third-order valence-corrected chi connectivity index (χ3v) is 9.25. The Bertz CT molecular complexity index is 1160. The number of rotatable bonds is 10. The normalized spacial score (nSPS) is 23.0. The van der Waals surface area contributed by atoms with E-state index in [4.69, 9.17) is 14.2 Å². The van der Waals surface area contributed by atoms with Gasteiger partial charge in [0.2, 0.25) is 10.0 Å². The van der Waals surface area contributed by atoms with Gasteiger partial charge in [0.15, 0.2) is 23.1 Å². The molecule has 9 nitrogen and oxygen atoms in total. The fourth-order valence-electron chi connectivity index (χ4n) is 5.35. The highest BCUT2D eigenvalue weighted by Crippen LogP contribution is 2.33. The summed E-state index contributed by atoms with van der Waals surface area (Å²) in [6.07, 6.45) is 8.02. The maximum Gasteiger partial charge on any atom is 0.240 e. The molecular weight excluding hydrogens is 492 g/mol. The van der Waals surface area contributed by atoms with E-state index in [1.165, 1.54) is 33.1 Å². The number of hydrogen-bond acceptors (Lipinski definition) is 8. The SMILES string of the molecule is COc1ccc(S(=O)(=O)NC2CCC(N3CCN(c4ncccc4OCC4CC4)CC3)CC2)cc1OC. The Balaban J connectivity index is 1.11. The highest BCUT2D eigenvalue weighted by Gasteiger charge is 2.31. The summed E-state index contributed by atoms with van der Waals surface area (Å²) < 4.78 is 45.5. The number of sulfonamides is 1.